The first-order valence-electron chi connectivity index (χ1n) is 5.88. The van der Waals surface area contributed by atoms with Gasteiger partial charge in [0, 0.05) is 12.2 Å². The molecule has 1 aromatic rings. The van der Waals surface area contributed by atoms with Gasteiger partial charge in [0.2, 0.25) is 10.0 Å². The Morgan fingerprint density at radius 1 is 1.39 bits per heavy atom. The number of thioether (sulfide) groups is 1. The zero-order valence-corrected chi connectivity index (χ0v) is 12.4. The highest BCUT2D eigenvalue weighted by Crippen LogP contribution is 2.18. The van der Waals surface area contributed by atoms with Crippen molar-refractivity contribution in [2.45, 2.75) is 24.7 Å². The molecular weight excluding hydrogens is 268 g/mol. The number of hydrogen-bond donors (Lipinski definition) is 2. The molecule has 1 rings (SSSR count). The lowest BCUT2D eigenvalue weighted by molar-refractivity contribution is 0.581. The van der Waals surface area contributed by atoms with Gasteiger partial charge in [0.25, 0.3) is 0 Å². The molecule has 0 spiro atoms. The van der Waals surface area contributed by atoms with Gasteiger partial charge in [-0.25, -0.2) is 13.1 Å². The summed E-state index contributed by atoms with van der Waals surface area (Å²) in [6, 6.07) is 4.90. The van der Waals surface area contributed by atoms with Crippen LogP contribution in [0, 0.1) is 0 Å². The maximum absolute atomic E-state index is 12.0. The number of sulfonamides is 1. The third-order valence-corrected chi connectivity index (χ3v) is 4.78. The average Bonchev–Trinajstić information content (AvgIpc) is 2.34. The smallest absolute Gasteiger partial charge is 0.240 e. The Labute approximate surface area is 113 Å². The molecule has 0 aliphatic carbocycles. The van der Waals surface area contributed by atoms with Crippen LogP contribution in [0.3, 0.4) is 0 Å². The Balaban J connectivity index is 2.76. The molecular formula is C12H20N2O2S2. The molecule has 0 bridgehead atoms. The van der Waals surface area contributed by atoms with Gasteiger partial charge in [0.05, 0.1) is 4.90 Å². The van der Waals surface area contributed by atoms with Gasteiger partial charge in [0.1, 0.15) is 0 Å². The minimum absolute atomic E-state index is 0.237. The zero-order valence-electron chi connectivity index (χ0n) is 10.8. The monoisotopic (exact) mass is 288 g/mol. The first kappa shape index (κ1) is 15.3. The van der Waals surface area contributed by atoms with Crippen LogP contribution in [0.25, 0.3) is 0 Å². The summed E-state index contributed by atoms with van der Waals surface area (Å²) in [4.78, 5) is 0.237. The number of benzene rings is 1. The second kappa shape index (κ2) is 7.01. The van der Waals surface area contributed by atoms with E-state index in [9.17, 15) is 8.42 Å². The first-order valence-corrected chi connectivity index (χ1v) is 8.76. The number of rotatable bonds is 7. The lowest BCUT2D eigenvalue weighted by Crippen LogP contribution is -2.25. The first-order chi connectivity index (χ1) is 8.51. The highest BCUT2D eigenvalue weighted by molar-refractivity contribution is 7.98. The summed E-state index contributed by atoms with van der Waals surface area (Å²) in [5, 5.41) is 0. The van der Waals surface area contributed by atoms with Gasteiger partial charge < -0.3 is 5.73 Å². The van der Waals surface area contributed by atoms with Crippen molar-refractivity contribution >= 4 is 27.5 Å². The molecule has 6 heteroatoms. The number of nitrogens with two attached hydrogens (primary N) is 1. The average molecular weight is 288 g/mol. The standard InChI is InChI=1S/C12H20N2O2S2/c1-3-10-5-6-11(9-12(10)13)18(15,16)14-7-4-8-17-2/h5-6,9,14H,3-4,7-8,13H2,1-2H3. The van der Waals surface area contributed by atoms with Crippen molar-refractivity contribution in [3.63, 3.8) is 0 Å². The molecule has 0 unspecified atom stereocenters. The molecule has 18 heavy (non-hydrogen) atoms. The molecule has 102 valence electrons. The van der Waals surface area contributed by atoms with Crippen molar-refractivity contribution in [1.82, 2.24) is 4.72 Å². The van der Waals surface area contributed by atoms with Gasteiger partial charge in [-0.15, -0.1) is 0 Å². The maximum Gasteiger partial charge on any atom is 0.240 e. The van der Waals surface area contributed by atoms with Crippen molar-refractivity contribution in [1.29, 1.82) is 0 Å². The third-order valence-electron chi connectivity index (χ3n) is 2.63. The van der Waals surface area contributed by atoms with E-state index < -0.39 is 10.0 Å². The Kier molecular flexibility index (Phi) is 5.98. The molecule has 1 aromatic carbocycles. The second-order valence-corrected chi connectivity index (χ2v) is 6.71. The van der Waals surface area contributed by atoms with Crippen molar-refractivity contribution in [2.24, 2.45) is 0 Å². The zero-order chi connectivity index (χ0) is 13.6. The van der Waals surface area contributed by atoms with Gasteiger partial charge in [-0.1, -0.05) is 13.0 Å². The summed E-state index contributed by atoms with van der Waals surface area (Å²) in [5.74, 6) is 0.944. The molecule has 3 N–H and O–H groups in total. The number of nitrogens with one attached hydrogen (secondary N) is 1. The Morgan fingerprint density at radius 3 is 2.67 bits per heavy atom. The van der Waals surface area contributed by atoms with Crippen molar-refractivity contribution < 1.29 is 8.42 Å². The normalized spacial score (nSPS) is 11.7. The predicted octanol–water partition coefficient (Wildman–Crippen LogP) is 1.86. The van der Waals surface area contributed by atoms with E-state index in [0.717, 1.165) is 24.2 Å². The van der Waals surface area contributed by atoms with Gasteiger partial charge in [-0.3, -0.25) is 0 Å². The van der Waals surface area contributed by atoms with Crippen molar-refractivity contribution in [3.8, 4) is 0 Å². The van der Waals surface area contributed by atoms with E-state index >= 15 is 0 Å². The summed E-state index contributed by atoms with van der Waals surface area (Å²) in [6.07, 6.45) is 3.62. The molecule has 0 aromatic heterocycles. The molecule has 0 amide bonds. The van der Waals surface area contributed by atoms with Gasteiger partial charge in [-0.05, 0) is 42.5 Å². The van der Waals surface area contributed by atoms with E-state index in [-0.39, 0.29) is 4.90 Å². The van der Waals surface area contributed by atoms with Crippen LogP contribution < -0.4 is 10.5 Å². The van der Waals surface area contributed by atoms with Crippen LogP contribution in [0.1, 0.15) is 18.9 Å². The van der Waals surface area contributed by atoms with Gasteiger partial charge >= 0.3 is 0 Å². The fourth-order valence-corrected chi connectivity index (χ4v) is 3.11. The molecule has 4 nitrogen and oxygen atoms in total. The summed E-state index contributed by atoms with van der Waals surface area (Å²) < 4.78 is 26.5. The van der Waals surface area contributed by atoms with Crippen LogP contribution in [0.2, 0.25) is 0 Å². The Bertz CT molecular complexity index is 487. The number of aryl methyl sites for hydroxylation is 1. The van der Waals surface area contributed by atoms with Crippen LogP contribution in [0.15, 0.2) is 23.1 Å². The minimum atomic E-state index is -3.43. The second-order valence-electron chi connectivity index (χ2n) is 3.96. The van der Waals surface area contributed by atoms with Crippen molar-refractivity contribution in [2.75, 3.05) is 24.3 Å². The maximum atomic E-state index is 12.0. The quantitative estimate of drug-likeness (QED) is 0.593. The largest absolute Gasteiger partial charge is 0.398 e. The SMILES string of the molecule is CCc1ccc(S(=O)(=O)NCCCSC)cc1N. The Morgan fingerprint density at radius 2 is 2.11 bits per heavy atom. The highest BCUT2D eigenvalue weighted by Gasteiger charge is 2.14. The highest BCUT2D eigenvalue weighted by atomic mass is 32.2. The van der Waals surface area contributed by atoms with E-state index in [1.807, 2.05) is 13.2 Å². The summed E-state index contributed by atoms with van der Waals surface area (Å²) in [5.41, 5.74) is 7.31. The molecule has 0 fully saturated rings. The van der Waals surface area contributed by atoms with E-state index in [1.54, 1.807) is 23.9 Å². The molecule has 0 heterocycles. The van der Waals surface area contributed by atoms with Crippen LogP contribution in [0.4, 0.5) is 5.69 Å². The topological polar surface area (TPSA) is 72.2 Å². The fourth-order valence-electron chi connectivity index (χ4n) is 1.57. The lowest BCUT2D eigenvalue weighted by atomic mass is 10.1. The molecule has 0 aliphatic rings. The minimum Gasteiger partial charge on any atom is -0.398 e. The third kappa shape index (κ3) is 4.19. The van der Waals surface area contributed by atoms with Crippen LogP contribution in [-0.4, -0.2) is 27.0 Å². The number of anilines is 1. The number of hydrogen-bond acceptors (Lipinski definition) is 4. The van der Waals surface area contributed by atoms with E-state index in [2.05, 4.69) is 4.72 Å². The molecule has 0 saturated carbocycles. The molecule has 0 saturated heterocycles. The number of nitrogen functional groups attached to an aromatic ring is 1. The van der Waals surface area contributed by atoms with Gasteiger partial charge in [0.15, 0.2) is 0 Å². The molecule has 0 aliphatic heterocycles. The molecule has 0 atom stereocenters. The Hall–Kier alpha value is -0.720. The summed E-state index contributed by atoms with van der Waals surface area (Å²) >= 11 is 1.70. The van der Waals surface area contributed by atoms with E-state index in [4.69, 9.17) is 5.73 Å². The van der Waals surface area contributed by atoms with E-state index in [0.29, 0.717) is 12.2 Å². The van der Waals surface area contributed by atoms with Crippen LogP contribution >= 0.6 is 11.8 Å². The lowest BCUT2D eigenvalue weighted by Gasteiger charge is -2.09. The summed E-state index contributed by atoms with van der Waals surface area (Å²) in [6.45, 7) is 2.44. The fraction of sp³-hybridized carbons (Fsp3) is 0.500. The van der Waals surface area contributed by atoms with Crippen molar-refractivity contribution in [3.05, 3.63) is 23.8 Å². The van der Waals surface area contributed by atoms with Crippen LogP contribution in [-0.2, 0) is 16.4 Å². The van der Waals surface area contributed by atoms with Crippen LogP contribution in [0.5, 0.6) is 0 Å². The van der Waals surface area contributed by atoms with E-state index in [1.165, 1.54) is 6.07 Å². The summed E-state index contributed by atoms with van der Waals surface area (Å²) in [7, 11) is -3.43. The van der Waals surface area contributed by atoms with Gasteiger partial charge in [-0.2, -0.15) is 11.8 Å². The molecule has 0 radical (unpaired) electrons. The predicted molar refractivity (Wildman–Crippen MR) is 78.4 cm³/mol.